The number of rotatable bonds is 4. The highest BCUT2D eigenvalue weighted by Gasteiger charge is 2.35. The summed E-state index contributed by atoms with van der Waals surface area (Å²) in [6, 6.07) is 7.89. The van der Waals surface area contributed by atoms with Crippen molar-refractivity contribution in [3.05, 3.63) is 41.8 Å². The normalized spacial score (nSPS) is 22.9. The molecule has 0 aliphatic carbocycles. The number of benzene rings is 1. The standard InChI is InChI=1S/C18H20N2O4/c1-18(9-13-2-3-15-16(8-13)23-12-22-15)6-4-17(21)20(11-18)10-14-5-7-24-19-14/h2-3,5,7-8H,4,6,9-12H2,1H3. The van der Waals surface area contributed by atoms with Crippen molar-refractivity contribution in [1.29, 1.82) is 0 Å². The second-order valence-corrected chi connectivity index (χ2v) is 6.92. The summed E-state index contributed by atoms with van der Waals surface area (Å²) in [5, 5.41) is 3.92. The van der Waals surface area contributed by atoms with Crippen LogP contribution in [0.25, 0.3) is 0 Å². The van der Waals surface area contributed by atoms with E-state index in [4.69, 9.17) is 14.0 Å². The van der Waals surface area contributed by atoms with Crippen LogP contribution in [0, 0.1) is 5.41 Å². The third-order valence-electron chi connectivity index (χ3n) is 4.78. The predicted octanol–water partition coefficient (Wildman–Crippen LogP) is 2.77. The first kappa shape index (κ1) is 15.1. The van der Waals surface area contributed by atoms with Crippen LogP contribution in [-0.2, 0) is 17.8 Å². The molecule has 0 bridgehead atoms. The van der Waals surface area contributed by atoms with E-state index in [1.54, 1.807) is 6.07 Å². The largest absolute Gasteiger partial charge is 0.454 e. The molecule has 1 amide bonds. The molecule has 1 fully saturated rings. The third-order valence-corrected chi connectivity index (χ3v) is 4.78. The first-order valence-electron chi connectivity index (χ1n) is 8.17. The van der Waals surface area contributed by atoms with Gasteiger partial charge in [0, 0.05) is 19.0 Å². The van der Waals surface area contributed by atoms with Crippen LogP contribution in [0.4, 0.5) is 0 Å². The molecule has 2 aliphatic heterocycles. The molecule has 0 radical (unpaired) electrons. The van der Waals surface area contributed by atoms with Gasteiger partial charge in [0.2, 0.25) is 12.7 Å². The lowest BCUT2D eigenvalue weighted by Gasteiger charge is -2.40. The monoisotopic (exact) mass is 328 g/mol. The maximum atomic E-state index is 12.2. The molecular weight excluding hydrogens is 308 g/mol. The van der Waals surface area contributed by atoms with Crippen LogP contribution in [0.1, 0.15) is 31.0 Å². The van der Waals surface area contributed by atoms with Crippen LogP contribution in [0.15, 0.2) is 35.1 Å². The van der Waals surface area contributed by atoms with Crippen molar-refractivity contribution < 1.29 is 18.8 Å². The van der Waals surface area contributed by atoms with Gasteiger partial charge in [-0.1, -0.05) is 18.1 Å². The van der Waals surface area contributed by atoms with Gasteiger partial charge in [-0.2, -0.15) is 0 Å². The van der Waals surface area contributed by atoms with E-state index in [9.17, 15) is 4.79 Å². The van der Waals surface area contributed by atoms with E-state index in [0.29, 0.717) is 19.5 Å². The van der Waals surface area contributed by atoms with Crippen LogP contribution in [0.2, 0.25) is 0 Å². The molecule has 126 valence electrons. The predicted molar refractivity (Wildman–Crippen MR) is 85.5 cm³/mol. The Balaban J connectivity index is 1.48. The number of piperidine rings is 1. The fourth-order valence-electron chi connectivity index (χ4n) is 3.54. The average molecular weight is 328 g/mol. The number of amides is 1. The van der Waals surface area contributed by atoms with Gasteiger partial charge in [-0.25, -0.2) is 0 Å². The summed E-state index contributed by atoms with van der Waals surface area (Å²) < 4.78 is 15.7. The topological polar surface area (TPSA) is 64.8 Å². The number of fused-ring (bicyclic) bond motifs is 1. The van der Waals surface area contributed by atoms with Gasteiger partial charge in [-0.3, -0.25) is 4.79 Å². The number of likely N-dealkylation sites (tertiary alicyclic amines) is 1. The zero-order valence-electron chi connectivity index (χ0n) is 13.7. The molecule has 1 atom stereocenters. The van der Waals surface area contributed by atoms with Crippen molar-refractivity contribution >= 4 is 5.91 Å². The zero-order chi connectivity index (χ0) is 16.6. The maximum Gasteiger partial charge on any atom is 0.231 e. The van der Waals surface area contributed by atoms with E-state index >= 15 is 0 Å². The lowest BCUT2D eigenvalue weighted by molar-refractivity contribution is -0.138. The molecule has 2 aliphatic rings. The lowest BCUT2D eigenvalue weighted by atomic mass is 9.76. The molecule has 0 N–H and O–H groups in total. The highest BCUT2D eigenvalue weighted by Crippen LogP contribution is 2.38. The molecule has 3 heterocycles. The van der Waals surface area contributed by atoms with Crippen molar-refractivity contribution in [2.75, 3.05) is 13.3 Å². The maximum absolute atomic E-state index is 12.2. The number of ether oxygens (including phenoxy) is 2. The van der Waals surface area contributed by atoms with Crippen molar-refractivity contribution in [2.45, 2.75) is 32.7 Å². The Morgan fingerprint density at radius 3 is 2.96 bits per heavy atom. The van der Waals surface area contributed by atoms with Crippen LogP contribution in [0.3, 0.4) is 0 Å². The number of hydrogen-bond donors (Lipinski definition) is 0. The SMILES string of the molecule is CC1(Cc2ccc3c(c2)OCO3)CCC(=O)N(Cc2ccon2)C1. The Bertz CT molecular complexity index is 743. The summed E-state index contributed by atoms with van der Waals surface area (Å²) in [5.74, 6) is 1.79. The summed E-state index contributed by atoms with van der Waals surface area (Å²) >= 11 is 0. The van der Waals surface area contributed by atoms with Gasteiger partial charge >= 0.3 is 0 Å². The fraction of sp³-hybridized carbons (Fsp3) is 0.444. The lowest BCUT2D eigenvalue weighted by Crippen LogP contribution is -2.45. The minimum atomic E-state index is 0.0331. The van der Waals surface area contributed by atoms with E-state index in [2.05, 4.69) is 18.1 Å². The van der Waals surface area contributed by atoms with Gasteiger partial charge in [0.1, 0.15) is 12.0 Å². The quantitative estimate of drug-likeness (QED) is 0.863. The number of hydrogen-bond acceptors (Lipinski definition) is 5. The number of aromatic nitrogens is 1. The summed E-state index contributed by atoms with van der Waals surface area (Å²) in [7, 11) is 0. The Kier molecular flexibility index (Phi) is 3.67. The molecule has 1 saturated heterocycles. The highest BCUT2D eigenvalue weighted by molar-refractivity contribution is 5.77. The average Bonchev–Trinajstić information content (AvgIpc) is 3.22. The highest BCUT2D eigenvalue weighted by atomic mass is 16.7. The molecule has 1 unspecified atom stereocenters. The van der Waals surface area contributed by atoms with Gasteiger partial charge in [-0.05, 0) is 36.0 Å². The number of carbonyl (C=O) groups is 1. The summed E-state index contributed by atoms with van der Waals surface area (Å²) in [5.41, 5.74) is 2.03. The van der Waals surface area contributed by atoms with E-state index < -0.39 is 0 Å². The molecular formula is C18H20N2O4. The first-order valence-corrected chi connectivity index (χ1v) is 8.17. The Hall–Kier alpha value is -2.50. The van der Waals surface area contributed by atoms with Crippen molar-refractivity contribution in [1.82, 2.24) is 10.1 Å². The first-order chi connectivity index (χ1) is 11.6. The summed E-state index contributed by atoms with van der Waals surface area (Å²) in [6.07, 6.45) is 3.89. The van der Waals surface area contributed by atoms with Gasteiger partial charge in [0.05, 0.1) is 6.54 Å². The Labute approximate surface area is 140 Å². The molecule has 6 heteroatoms. The third kappa shape index (κ3) is 2.96. The minimum Gasteiger partial charge on any atom is -0.454 e. The number of nitrogens with zero attached hydrogens (tertiary/aromatic N) is 2. The fourth-order valence-corrected chi connectivity index (χ4v) is 3.54. The molecule has 1 aromatic carbocycles. The van der Waals surface area contributed by atoms with Crippen LogP contribution >= 0.6 is 0 Å². The van der Waals surface area contributed by atoms with Gasteiger partial charge < -0.3 is 18.9 Å². The van der Waals surface area contributed by atoms with Crippen molar-refractivity contribution in [3.8, 4) is 11.5 Å². The minimum absolute atomic E-state index is 0.0331. The van der Waals surface area contributed by atoms with Crippen LogP contribution in [-0.4, -0.2) is 29.3 Å². The molecule has 0 spiro atoms. The second kappa shape index (κ2) is 5.85. The van der Waals surface area contributed by atoms with E-state index in [0.717, 1.165) is 30.0 Å². The molecule has 0 saturated carbocycles. The van der Waals surface area contributed by atoms with E-state index in [1.165, 1.54) is 11.8 Å². The van der Waals surface area contributed by atoms with Crippen LogP contribution in [0.5, 0.6) is 11.5 Å². The summed E-state index contributed by atoms with van der Waals surface area (Å²) in [4.78, 5) is 14.1. The number of carbonyl (C=O) groups excluding carboxylic acids is 1. The smallest absolute Gasteiger partial charge is 0.231 e. The summed E-state index contributed by atoms with van der Waals surface area (Å²) in [6.45, 7) is 3.75. The molecule has 1 aromatic heterocycles. The Morgan fingerprint density at radius 1 is 1.25 bits per heavy atom. The second-order valence-electron chi connectivity index (χ2n) is 6.92. The molecule has 4 rings (SSSR count). The molecule has 6 nitrogen and oxygen atoms in total. The van der Waals surface area contributed by atoms with Crippen molar-refractivity contribution in [2.24, 2.45) is 5.41 Å². The van der Waals surface area contributed by atoms with E-state index in [1.807, 2.05) is 17.0 Å². The Morgan fingerprint density at radius 2 is 2.12 bits per heavy atom. The van der Waals surface area contributed by atoms with Gasteiger partial charge in [-0.15, -0.1) is 0 Å². The van der Waals surface area contributed by atoms with Crippen molar-refractivity contribution in [3.63, 3.8) is 0 Å². The zero-order valence-corrected chi connectivity index (χ0v) is 13.7. The van der Waals surface area contributed by atoms with E-state index in [-0.39, 0.29) is 18.1 Å². The van der Waals surface area contributed by atoms with Crippen LogP contribution < -0.4 is 9.47 Å². The van der Waals surface area contributed by atoms with Gasteiger partial charge in [0.25, 0.3) is 0 Å². The molecule has 2 aromatic rings. The van der Waals surface area contributed by atoms with Gasteiger partial charge in [0.15, 0.2) is 11.5 Å². The molecule has 24 heavy (non-hydrogen) atoms.